The summed E-state index contributed by atoms with van der Waals surface area (Å²) in [7, 11) is 0. The lowest BCUT2D eigenvalue weighted by Gasteiger charge is -2.24. The largest absolute Gasteiger partial charge is 0.416 e. The number of alkyl halides is 3. The molecule has 0 bridgehead atoms. The Balaban J connectivity index is 1.85. The molecule has 3 aromatic rings. The van der Waals surface area contributed by atoms with Crippen LogP contribution >= 0.6 is 0 Å². The maximum atomic E-state index is 12.7. The fourth-order valence-electron chi connectivity index (χ4n) is 2.53. The van der Waals surface area contributed by atoms with Gasteiger partial charge in [0.15, 0.2) is 5.82 Å². The third-order valence-corrected chi connectivity index (χ3v) is 4.20. The SMILES string of the molecule is CC(C)(C(=O)Nc1n[nH]c2ccccc12)c1ccc(C(F)(F)F)cc1. The summed E-state index contributed by atoms with van der Waals surface area (Å²) in [6.07, 6.45) is -4.40. The number of hydrogen-bond acceptors (Lipinski definition) is 2. The Kier molecular flexibility index (Phi) is 4.02. The maximum absolute atomic E-state index is 12.7. The summed E-state index contributed by atoms with van der Waals surface area (Å²) < 4.78 is 38.1. The van der Waals surface area contributed by atoms with Gasteiger partial charge < -0.3 is 5.32 Å². The smallest absolute Gasteiger partial charge is 0.308 e. The van der Waals surface area contributed by atoms with Gasteiger partial charge in [-0.2, -0.15) is 18.3 Å². The van der Waals surface area contributed by atoms with E-state index in [1.807, 2.05) is 24.3 Å². The number of nitrogens with zero attached hydrogens (tertiary/aromatic N) is 1. The second kappa shape index (κ2) is 5.91. The predicted molar refractivity (Wildman–Crippen MR) is 89.2 cm³/mol. The highest BCUT2D eigenvalue weighted by Crippen LogP contribution is 2.32. The van der Waals surface area contributed by atoms with Crippen LogP contribution < -0.4 is 5.32 Å². The molecular weight excluding hydrogens is 331 g/mol. The maximum Gasteiger partial charge on any atom is 0.416 e. The van der Waals surface area contributed by atoms with Gasteiger partial charge in [0.1, 0.15) is 0 Å². The van der Waals surface area contributed by atoms with Crippen molar-refractivity contribution in [3.8, 4) is 0 Å². The van der Waals surface area contributed by atoms with Gasteiger partial charge in [0.2, 0.25) is 5.91 Å². The van der Waals surface area contributed by atoms with E-state index in [9.17, 15) is 18.0 Å². The number of para-hydroxylation sites is 1. The molecule has 0 saturated carbocycles. The quantitative estimate of drug-likeness (QED) is 0.733. The van der Waals surface area contributed by atoms with Crippen molar-refractivity contribution < 1.29 is 18.0 Å². The molecule has 0 fully saturated rings. The van der Waals surface area contributed by atoms with Crippen LogP contribution in [0.4, 0.5) is 19.0 Å². The molecule has 0 aliphatic rings. The van der Waals surface area contributed by atoms with E-state index < -0.39 is 17.2 Å². The highest BCUT2D eigenvalue weighted by atomic mass is 19.4. The summed E-state index contributed by atoms with van der Waals surface area (Å²) in [6, 6.07) is 11.9. The third kappa shape index (κ3) is 3.22. The molecule has 2 N–H and O–H groups in total. The molecular formula is C18H16F3N3O. The molecule has 0 atom stereocenters. The summed E-state index contributed by atoms with van der Waals surface area (Å²) in [5, 5.41) is 10.4. The number of carbonyl (C=O) groups is 1. The highest BCUT2D eigenvalue weighted by Gasteiger charge is 2.33. The van der Waals surface area contributed by atoms with Crippen molar-refractivity contribution in [1.82, 2.24) is 10.2 Å². The minimum absolute atomic E-state index is 0.357. The normalized spacial score (nSPS) is 12.4. The van der Waals surface area contributed by atoms with E-state index in [2.05, 4.69) is 15.5 Å². The predicted octanol–water partition coefficient (Wildman–Crippen LogP) is 4.50. The Bertz CT molecular complexity index is 911. The number of halogens is 3. The van der Waals surface area contributed by atoms with Crippen LogP contribution in [0.1, 0.15) is 25.0 Å². The van der Waals surface area contributed by atoms with E-state index in [0.717, 1.165) is 23.0 Å². The van der Waals surface area contributed by atoms with Crippen LogP contribution in [0.2, 0.25) is 0 Å². The summed E-state index contributed by atoms with van der Waals surface area (Å²) in [5.41, 5.74) is -0.502. The topological polar surface area (TPSA) is 57.8 Å². The van der Waals surface area contributed by atoms with Gasteiger partial charge in [0.25, 0.3) is 0 Å². The summed E-state index contributed by atoms with van der Waals surface area (Å²) in [6.45, 7) is 3.31. The van der Waals surface area contributed by atoms with Gasteiger partial charge in [-0.15, -0.1) is 0 Å². The molecule has 4 nitrogen and oxygen atoms in total. The van der Waals surface area contributed by atoms with E-state index >= 15 is 0 Å². The number of aromatic amines is 1. The van der Waals surface area contributed by atoms with Crippen LogP contribution in [0.25, 0.3) is 10.9 Å². The lowest BCUT2D eigenvalue weighted by Crippen LogP contribution is -2.35. The molecule has 1 heterocycles. The molecule has 25 heavy (non-hydrogen) atoms. The first-order valence-corrected chi connectivity index (χ1v) is 7.62. The Morgan fingerprint density at radius 1 is 1.00 bits per heavy atom. The zero-order valence-corrected chi connectivity index (χ0v) is 13.6. The first-order chi connectivity index (χ1) is 11.7. The van der Waals surface area contributed by atoms with Crippen LogP contribution in [0.3, 0.4) is 0 Å². The van der Waals surface area contributed by atoms with E-state index in [0.29, 0.717) is 11.4 Å². The van der Waals surface area contributed by atoms with Gasteiger partial charge >= 0.3 is 6.18 Å². The zero-order valence-electron chi connectivity index (χ0n) is 13.6. The molecule has 0 radical (unpaired) electrons. The monoisotopic (exact) mass is 347 g/mol. The number of carbonyl (C=O) groups excluding carboxylic acids is 1. The van der Waals surface area contributed by atoms with Gasteiger partial charge in [0.05, 0.1) is 16.5 Å². The number of H-pyrrole nitrogens is 1. The minimum atomic E-state index is -4.40. The number of rotatable bonds is 3. The van der Waals surface area contributed by atoms with E-state index in [4.69, 9.17) is 0 Å². The average Bonchev–Trinajstić information content (AvgIpc) is 2.97. The molecule has 0 spiro atoms. The van der Waals surface area contributed by atoms with Crippen molar-refractivity contribution in [1.29, 1.82) is 0 Å². The van der Waals surface area contributed by atoms with E-state index in [1.165, 1.54) is 12.1 Å². The molecule has 3 rings (SSSR count). The fourth-order valence-corrected chi connectivity index (χ4v) is 2.53. The van der Waals surface area contributed by atoms with Crippen LogP contribution in [-0.4, -0.2) is 16.1 Å². The molecule has 1 amide bonds. The Hall–Kier alpha value is -2.83. The Labute approximate surface area is 142 Å². The van der Waals surface area contributed by atoms with Gasteiger partial charge in [-0.25, -0.2) is 0 Å². The summed E-state index contributed by atoms with van der Waals surface area (Å²) >= 11 is 0. The summed E-state index contributed by atoms with van der Waals surface area (Å²) in [5.74, 6) is 0.0325. The van der Waals surface area contributed by atoms with E-state index in [-0.39, 0.29) is 5.91 Å². The molecule has 0 unspecified atom stereocenters. The molecule has 0 aliphatic heterocycles. The van der Waals surface area contributed by atoms with Crippen LogP contribution in [-0.2, 0) is 16.4 Å². The van der Waals surface area contributed by atoms with Crippen molar-refractivity contribution in [2.45, 2.75) is 25.4 Å². The lowest BCUT2D eigenvalue weighted by atomic mass is 9.83. The standard InChI is InChI=1S/C18H16F3N3O/c1-17(2,11-7-9-12(10-8-11)18(19,20)21)16(25)22-15-13-5-3-4-6-14(13)23-24-15/h3-10H,1-2H3,(H2,22,23,24,25). The molecule has 2 aromatic carbocycles. The van der Waals surface area contributed by atoms with Gasteiger partial charge in [-0.1, -0.05) is 24.3 Å². The van der Waals surface area contributed by atoms with Crippen molar-refractivity contribution in [2.24, 2.45) is 0 Å². The number of hydrogen-bond donors (Lipinski definition) is 2. The molecule has 1 aromatic heterocycles. The number of fused-ring (bicyclic) bond motifs is 1. The zero-order chi connectivity index (χ0) is 18.2. The highest BCUT2D eigenvalue weighted by molar-refractivity contribution is 6.03. The van der Waals surface area contributed by atoms with Crippen molar-refractivity contribution in [3.63, 3.8) is 0 Å². The second-order valence-corrected chi connectivity index (χ2v) is 6.27. The third-order valence-electron chi connectivity index (χ3n) is 4.20. The van der Waals surface area contributed by atoms with Gasteiger partial charge in [-0.3, -0.25) is 9.89 Å². The first-order valence-electron chi connectivity index (χ1n) is 7.62. The van der Waals surface area contributed by atoms with Crippen molar-refractivity contribution >= 4 is 22.6 Å². The van der Waals surface area contributed by atoms with Crippen molar-refractivity contribution in [3.05, 3.63) is 59.7 Å². The second-order valence-electron chi connectivity index (χ2n) is 6.27. The molecule has 0 saturated heterocycles. The average molecular weight is 347 g/mol. The molecule has 130 valence electrons. The fraction of sp³-hybridized carbons (Fsp3) is 0.222. The Morgan fingerprint density at radius 2 is 1.60 bits per heavy atom. The number of aromatic nitrogens is 2. The van der Waals surface area contributed by atoms with E-state index in [1.54, 1.807) is 13.8 Å². The number of amides is 1. The molecule has 7 heteroatoms. The van der Waals surface area contributed by atoms with Gasteiger partial charge in [-0.05, 0) is 43.7 Å². The van der Waals surface area contributed by atoms with Gasteiger partial charge in [0, 0.05) is 5.39 Å². The van der Waals surface area contributed by atoms with Crippen molar-refractivity contribution in [2.75, 3.05) is 5.32 Å². The minimum Gasteiger partial charge on any atom is -0.308 e. The molecule has 0 aliphatic carbocycles. The first kappa shape index (κ1) is 17.0. The Morgan fingerprint density at radius 3 is 2.24 bits per heavy atom. The number of benzene rings is 2. The van der Waals surface area contributed by atoms with Crippen LogP contribution in [0.15, 0.2) is 48.5 Å². The number of nitrogens with one attached hydrogen (secondary N) is 2. The summed E-state index contributed by atoms with van der Waals surface area (Å²) in [4.78, 5) is 12.7. The lowest BCUT2D eigenvalue weighted by molar-refractivity contribution is -0.137. The van der Waals surface area contributed by atoms with Crippen LogP contribution in [0.5, 0.6) is 0 Å². The number of anilines is 1. The van der Waals surface area contributed by atoms with Crippen LogP contribution in [0, 0.1) is 0 Å².